The number of anilines is 5. The van der Waals surface area contributed by atoms with Crippen molar-refractivity contribution in [2.75, 3.05) is 16.4 Å². The van der Waals surface area contributed by atoms with Gasteiger partial charge in [-0.05, 0) is 24.3 Å². The van der Waals surface area contributed by atoms with Crippen molar-refractivity contribution >= 4 is 61.3 Å². The second kappa shape index (κ2) is 6.50. The molecule has 0 saturated heterocycles. The third-order valence-corrected chi connectivity index (χ3v) is 4.67. The maximum atomic E-state index is 6.19. The van der Waals surface area contributed by atoms with Gasteiger partial charge in [-0.25, -0.2) is 19.9 Å². The van der Waals surface area contributed by atoms with Gasteiger partial charge in [0.05, 0.1) is 15.9 Å². The lowest BCUT2D eigenvalue weighted by Gasteiger charge is -2.11. The summed E-state index contributed by atoms with van der Waals surface area (Å²) in [4.78, 5) is 16.9. The SMILES string of the molecule is Nc1c(Nc2nc3ccccc3s2)ncnc1Nc1cccnc1Cl. The highest BCUT2D eigenvalue weighted by molar-refractivity contribution is 7.22. The second-order valence-electron chi connectivity index (χ2n) is 5.06. The number of hydrogen-bond donors (Lipinski definition) is 3. The van der Waals surface area contributed by atoms with Gasteiger partial charge in [-0.1, -0.05) is 35.1 Å². The van der Waals surface area contributed by atoms with Crippen LogP contribution in [0.2, 0.25) is 5.15 Å². The molecule has 0 saturated carbocycles. The van der Waals surface area contributed by atoms with Crippen LogP contribution in [0.1, 0.15) is 0 Å². The Bertz CT molecular complexity index is 1020. The van der Waals surface area contributed by atoms with E-state index in [4.69, 9.17) is 17.3 Å². The van der Waals surface area contributed by atoms with Gasteiger partial charge >= 0.3 is 0 Å². The maximum Gasteiger partial charge on any atom is 0.189 e. The fraction of sp³-hybridized carbons (Fsp3) is 0. The first-order valence-electron chi connectivity index (χ1n) is 7.31. The lowest BCUT2D eigenvalue weighted by Crippen LogP contribution is -2.05. The number of aromatic nitrogens is 4. The van der Waals surface area contributed by atoms with Crippen LogP contribution >= 0.6 is 22.9 Å². The number of para-hydroxylation sites is 1. The van der Waals surface area contributed by atoms with Gasteiger partial charge in [-0.3, -0.25) is 0 Å². The van der Waals surface area contributed by atoms with Crippen molar-refractivity contribution in [3.05, 3.63) is 54.1 Å². The number of nitrogens with two attached hydrogens (primary N) is 1. The Kier molecular flexibility index (Phi) is 4.04. The Hall–Kier alpha value is -2.97. The van der Waals surface area contributed by atoms with E-state index in [1.807, 2.05) is 24.3 Å². The normalized spacial score (nSPS) is 10.8. The van der Waals surface area contributed by atoms with E-state index in [0.29, 0.717) is 33.3 Å². The van der Waals surface area contributed by atoms with Gasteiger partial charge in [-0.2, -0.15) is 0 Å². The first-order valence-corrected chi connectivity index (χ1v) is 8.51. The average molecular weight is 370 g/mol. The summed E-state index contributed by atoms with van der Waals surface area (Å²) in [5.74, 6) is 0.907. The average Bonchev–Trinajstić information content (AvgIpc) is 3.02. The van der Waals surface area contributed by atoms with E-state index >= 15 is 0 Å². The molecule has 4 N–H and O–H groups in total. The van der Waals surface area contributed by atoms with Gasteiger partial charge in [0.15, 0.2) is 21.9 Å². The zero-order valence-corrected chi connectivity index (χ0v) is 14.3. The molecule has 3 aromatic heterocycles. The molecule has 9 heteroatoms. The Balaban J connectivity index is 1.63. The number of thiazole rings is 1. The molecule has 1 aromatic carbocycles. The minimum absolute atomic E-state index is 0.334. The van der Waals surface area contributed by atoms with E-state index < -0.39 is 0 Å². The monoisotopic (exact) mass is 369 g/mol. The first kappa shape index (κ1) is 15.6. The molecule has 0 amide bonds. The fourth-order valence-corrected chi connectivity index (χ4v) is 3.26. The minimum atomic E-state index is 0.334. The summed E-state index contributed by atoms with van der Waals surface area (Å²) in [6.45, 7) is 0. The molecule has 0 atom stereocenters. The van der Waals surface area contributed by atoms with Crippen molar-refractivity contribution in [2.24, 2.45) is 0 Å². The van der Waals surface area contributed by atoms with Gasteiger partial charge < -0.3 is 16.4 Å². The topological polar surface area (TPSA) is 102 Å². The van der Waals surface area contributed by atoms with Gasteiger partial charge in [0.25, 0.3) is 0 Å². The number of halogens is 1. The zero-order chi connectivity index (χ0) is 17.2. The van der Waals surface area contributed by atoms with Gasteiger partial charge in [0.1, 0.15) is 12.0 Å². The molecule has 4 rings (SSSR count). The van der Waals surface area contributed by atoms with Gasteiger partial charge in [0.2, 0.25) is 0 Å². The molecule has 0 aliphatic heterocycles. The van der Waals surface area contributed by atoms with Crippen LogP contribution in [-0.4, -0.2) is 19.9 Å². The van der Waals surface area contributed by atoms with Crippen LogP contribution in [0.5, 0.6) is 0 Å². The van der Waals surface area contributed by atoms with Crippen LogP contribution in [0, 0.1) is 0 Å². The Morgan fingerprint density at radius 3 is 2.56 bits per heavy atom. The number of fused-ring (bicyclic) bond motifs is 1. The van der Waals surface area contributed by atoms with Crippen molar-refractivity contribution in [1.29, 1.82) is 0 Å². The highest BCUT2D eigenvalue weighted by Crippen LogP contribution is 2.32. The lowest BCUT2D eigenvalue weighted by atomic mass is 10.3. The van der Waals surface area contributed by atoms with Crippen LogP contribution in [0.15, 0.2) is 48.9 Å². The van der Waals surface area contributed by atoms with Crippen LogP contribution in [0.4, 0.5) is 28.1 Å². The van der Waals surface area contributed by atoms with Crippen molar-refractivity contribution < 1.29 is 0 Å². The third-order valence-electron chi connectivity index (χ3n) is 3.42. The molecular formula is C16H12ClN7S. The largest absolute Gasteiger partial charge is 0.393 e. The highest BCUT2D eigenvalue weighted by Gasteiger charge is 2.12. The van der Waals surface area contributed by atoms with Crippen LogP contribution in [0.3, 0.4) is 0 Å². The summed E-state index contributed by atoms with van der Waals surface area (Å²) in [5.41, 5.74) is 8.08. The van der Waals surface area contributed by atoms with Crippen LogP contribution in [-0.2, 0) is 0 Å². The van der Waals surface area contributed by atoms with Crippen molar-refractivity contribution in [3.63, 3.8) is 0 Å². The number of rotatable bonds is 4. The molecular weight excluding hydrogens is 358 g/mol. The molecule has 0 aliphatic rings. The molecule has 0 bridgehead atoms. The molecule has 0 fully saturated rings. The smallest absolute Gasteiger partial charge is 0.189 e. The predicted molar refractivity (Wildman–Crippen MR) is 102 cm³/mol. The highest BCUT2D eigenvalue weighted by atomic mass is 35.5. The zero-order valence-electron chi connectivity index (χ0n) is 12.8. The summed E-state index contributed by atoms with van der Waals surface area (Å²) in [6, 6.07) is 11.5. The van der Waals surface area contributed by atoms with E-state index in [2.05, 4.69) is 30.6 Å². The molecule has 4 aromatic rings. The lowest BCUT2D eigenvalue weighted by molar-refractivity contribution is 1.17. The number of pyridine rings is 1. The van der Waals surface area contributed by atoms with E-state index in [1.165, 1.54) is 17.7 Å². The molecule has 0 radical (unpaired) electrons. The van der Waals surface area contributed by atoms with E-state index in [-0.39, 0.29) is 0 Å². The Labute approximate surface area is 151 Å². The Morgan fingerprint density at radius 1 is 0.960 bits per heavy atom. The van der Waals surface area contributed by atoms with Crippen molar-refractivity contribution in [1.82, 2.24) is 19.9 Å². The van der Waals surface area contributed by atoms with Gasteiger partial charge in [0, 0.05) is 6.20 Å². The molecule has 25 heavy (non-hydrogen) atoms. The predicted octanol–water partition coefficient (Wildman–Crippen LogP) is 4.20. The maximum absolute atomic E-state index is 6.19. The molecule has 3 heterocycles. The standard InChI is InChI=1S/C16H12ClN7S/c17-13-10(5-3-7-19-13)22-14-12(18)15(21-8-20-14)24-16-23-9-4-1-2-6-11(9)25-16/h1-8H,18H2,(H2,20,21,22,23,24). The summed E-state index contributed by atoms with van der Waals surface area (Å²) < 4.78 is 1.08. The second-order valence-corrected chi connectivity index (χ2v) is 6.45. The molecule has 124 valence electrons. The number of nitrogens with zero attached hydrogens (tertiary/aromatic N) is 4. The van der Waals surface area contributed by atoms with Gasteiger partial charge in [-0.15, -0.1) is 0 Å². The van der Waals surface area contributed by atoms with E-state index in [0.717, 1.165) is 10.2 Å². The molecule has 0 unspecified atom stereocenters. The molecule has 7 nitrogen and oxygen atoms in total. The number of hydrogen-bond acceptors (Lipinski definition) is 8. The van der Waals surface area contributed by atoms with E-state index in [9.17, 15) is 0 Å². The number of nitrogens with one attached hydrogen (secondary N) is 2. The van der Waals surface area contributed by atoms with Crippen molar-refractivity contribution in [2.45, 2.75) is 0 Å². The minimum Gasteiger partial charge on any atom is -0.393 e. The quantitative estimate of drug-likeness (QED) is 0.463. The number of nitrogen functional groups attached to an aromatic ring is 1. The number of benzene rings is 1. The van der Waals surface area contributed by atoms with E-state index in [1.54, 1.807) is 18.3 Å². The summed E-state index contributed by atoms with van der Waals surface area (Å²) in [5, 5.41) is 7.25. The molecule has 0 aliphatic carbocycles. The summed E-state index contributed by atoms with van der Waals surface area (Å²) in [6.07, 6.45) is 3.02. The first-order chi connectivity index (χ1) is 12.2. The van der Waals surface area contributed by atoms with Crippen molar-refractivity contribution in [3.8, 4) is 0 Å². The molecule has 0 spiro atoms. The fourth-order valence-electron chi connectivity index (χ4n) is 2.23. The third kappa shape index (κ3) is 3.17. The Morgan fingerprint density at radius 2 is 1.76 bits per heavy atom. The summed E-state index contributed by atoms with van der Waals surface area (Å²) >= 11 is 7.58. The van der Waals surface area contributed by atoms with Crippen LogP contribution < -0.4 is 16.4 Å². The summed E-state index contributed by atoms with van der Waals surface area (Å²) in [7, 11) is 0. The van der Waals surface area contributed by atoms with Crippen LogP contribution in [0.25, 0.3) is 10.2 Å².